The van der Waals surface area contributed by atoms with Crippen LogP contribution in [-0.2, 0) is 0 Å². The number of benzene rings is 1. The van der Waals surface area contributed by atoms with Crippen molar-refractivity contribution in [2.45, 2.75) is 12.8 Å². The van der Waals surface area contributed by atoms with E-state index in [1.165, 1.54) is 12.8 Å². The number of fused-ring (bicyclic) bond motifs is 1. The fourth-order valence-electron chi connectivity index (χ4n) is 2.38. The van der Waals surface area contributed by atoms with Crippen LogP contribution in [-0.4, -0.2) is 24.2 Å². The molecule has 0 radical (unpaired) electrons. The average molecular weight is 231 g/mol. The van der Waals surface area contributed by atoms with E-state index in [-0.39, 0.29) is 5.76 Å². The van der Waals surface area contributed by atoms with Crippen molar-refractivity contribution in [3.05, 3.63) is 30.0 Å². The Bertz CT molecular complexity index is 567. The Hall–Kier alpha value is -1.97. The van der Waals surface area contributed by atoms with Crippen LogP contribution in [0.1, 0.15) is 23.4 Å². The Kier molecular flexibility index (Phi) is 2.28. The van der Waals surface area contributed by atoms with Crippen LogP contribution in [0.25, 0.3) is 11.0 Å². The van der Waals surface area contributed by atoms with Crippen molar-refractivity contribution in [2.24, 2.45) is 0 Å². The molecule has 0 atom stereocenters. The van der Waals surface area contributed by atoms with Crippen molar-refractivity contribution in [3.8, 4) is 0 Å². The second kappa shape index (κ2) is 3.80. The van der Waals surface area contributed by atoms with Gasteiger partial charge in [0.05, 0.1) is 0 Å². The Morgan fingerprint density at radius 3 is 2.76 bits per heavy atom. The highest BCUT2D eigenvalue weighted by Crippen LogP contribution is 2.31. The van der Waals surface area contributed by atoms with Gasteiger partial charge >= 0.3 is 5.97 Å². The van der Waals surface area contributed by atoms with E-state index in [0.717, 1.165) is 24.2 Å². The van der Waals surface area contributed by atoms with E-state index >= 15 is 0 Å². The van der Waals surface area contributed by atoms with E-state index in [9.17, 15) is 4.79 Å². The fraction of sp³-hybridized carbons (Fsp3) is 0.308. The van der Waals surface area contributed by atoms with Gasteiger partial charge in [0.2, 0.25) is 5.76 Å². The minimum atomic E-state index is -1.02. The second-order valence-corrected chi connectivity index (χ2v) is 4.30. The van der Waals surface area contributed by atoms with Crippen molar-refractivity contribution in [1.82, 2.24) is 0 Å². The molecule has 88 valence electrons. The van der Waals surface area contributed by atoms with Gasteiger partial charge in [0.15, 0.2) is 0 Å². The molecular weight excluding hydrogens is 218 g/mol. The lowest BCUT2D eigenvalue weighted by atomic mass is 10.2. The zero-order valence-electron chi connectivity index (χ0n) is 9.35. The molecule has 0 bridgehead atoms. The average Bonchev–Trinajstić information content (AvgIpc) is 2.97. The van der Waals surface area contributed by atoms with Crippen molar-refractivity contribution in [3.63, 3.8) is 0 Å². The molecule has 4 heteroatoms. The summed E-state index contributed by atoms with van der Waals surface area (Å²) in [6.45, 7) is 2.07. The molecule has 2 aromatic rings. The molecule has 1 saturated heterocycles. The van der Waals surface area contributed by atoms with Gasteiger partial charge in [0, 0.05) is 30.2 Å². The Morgan fingerprint density at radius 2 is 2.06 bits per heavy atom. The number of carboxylic acids is 1. The van der Waals surface area contributed by atoms with Gasteiger partial charge in [0.25, 0.3) is 0 Å². The predicted octanol–water partition coefficient (Wildman–Crippen LogP) is 2.73. The first-order valence-electron chi connectivity index (χ1n) is 5.76. The number of carboxylic acid groups (broad SMARTS) is 1. The van der Waals surface area contributed by atoms with E-state index in [2.05, 4.69) is 4.90 Å². The van der Waals surface area contributed by atoms with E-state index in [4.69, 9.17) is 9.52 Å². The molecule has 0 spiro atoms. The van der Waals surface area contributed by atoms with Crippen LogP contribution in [0, 0.1) is 0 Å². The summed E-state index contributed by atoms with van der Waals surface area (Å²) in [4.78, 5) is 13.2. The molecule has 4 nitrogen and oxygen atoms in total. The first kappa shape index (κ1) is 10.2. The molecule has 0 saturated carbocycles. The highest BCUT2D eigenvalue weighted by atomic mass is 16.4. The maximum Gasteiger partial charge on any atom is 0.371 e. The third-order valence-electron chi connectivity index (χ3n) is 3.20. The summed E-state index contributed by atoms with van der Waals surface area (Å²) in [6, 6.07) is 7.35. The van der Waals surface area contributed by atoms with Crippen LogP contribution in [0.15, 0.2) is 28.7 Å². The smallest absolute Gasteiger partial charge is 0.371 e. The number of nitrogens with zero attached hydrogens (tertiary/aromatic N) is 1. The standard InChI is InChI=1S/C13H13NO3/c15-13(16)12-8-9-10(14-6-1-2-7-14)4-3-5-11(9)17-12/h3-5,8H,1-2,6-7H2,(H,15,16). The lowest BCUT2D eigenvalue weighted by molar-refractivity contribution is 0.0665. The Balaban J connectivity index is 2.14. The van der Waals surface area contributed by atoms with Gasteiger partial charge in [-0.3, -0.25) is 0 Å². The van der Waals surface area contributed by atoms with Crippen molar-refractivity contribution >= 4 is 22.6 Å². The summed E-state index contributed by atoms with van der Waals surface area (Å²) in [6.07, 6.45) is 2.39. The van der Waals surface area contributed by atoms with E-state index < -0.39 is 5.97 Å². The molecule has 1 aliphatic heterocycles. The van der Waals surface area contributed by atoms with E-state index in [1.807, 2.05) is 12.1 Å². The SMILES string of the molecule is O=C(O)c1cc2c(N3CCCC3)cccc2o1. The molecule has 17 heavy (non-hydrogen) atoms. The van der Waals surface area contributed by atoms with Gasteiger partial charge < -0.3 is 14.4 Å². The Labute approximate surface area is 98.4 Å². The molecule has 1 aliphatic rings. The number of carbonyl (C=O) groups is 1. The normalized spacial score (nSPS) is 15.6. The predicted molar refractivity (Wildman–Crippen MR) is 64.6 cm³/mol. The third-order valence-corrected chi connectivity index (χ3v) is 3.20. The zero-order valence-corrected chi connectivity index (χ0v) is 9.35. The fourth-order valence-corrected chi connectivity index (χ4v) is 2.38. The van der Waals surface area contributed by atoms with Crippen LogP contribution in [0.3, 0.4) is 0 Å². The number of hydrogen-bond donors (Lipinski definition) is 1. The third kappa shape index (κ3) is 1.65. The van der Waals surface area contributed by atoms with Gasteiger partial charge in [-0.2, -0.15) is 0 Å². The van der Waals surface area contributed by atoms with Gasteiger partial charge in [-0.05, 0) is 25.0 Å². The van der Waals surface area contributed by atoms with Crippen LogP contribution >= 0.6 is 0 Å². The number of aromatic carboxylic acids is 1. The number of anilines is 1. The van der Waals surface area contributed by atoms with E-state index in [1.54, 1.807) is 12.1 Å². The van der Waals surface area contributed by atoms with Crippen molar-refractivity contribution < 1.29 is 14.3 Å². The second-order valence-electron chi connectivity index (χ2n) is 4.30. The number of furan rings is 1. The molecule has 1 aromatic heterocycles. The molecular formula is C13H13NO3. The monoisotopic (exact) mass is 231 g/mol. The highest BCUT2D eigenvalue weighted by molar-refractivity contribution is 5.97. The summed E-state index contributed by atoms with van der Waals surface area (Å²) >= 11 is 0. The van der Waals surface area contributed by atoms with Gasteiger partial charge in [-0.15, -0.1) is 0 Å². The van der Waals surface area contributed by atoms with E-state index in [0.29, 0.717) is 5.58 Å². The number of hydrogen-bond acceptors (Lipinski definition) is 3. The summed E-state index contributed by atoms with van der Waals surface area (Å²) in [5.41, 5.74) is 1.73. The first-order chi connectivity index (χ1) is 8.25. The minimum Gasteiger partial charge on any atom is -0.475 e. The Morgan fingerprint density at radius 1 is 1.29 bits per heavy atom. The molecule has 3 rings (SSSR count). The molecule has 0 aliphatic carbocycles. The maximum atomic E-state index is 10.9. The minimum absolute atomic E-state index is 0.00615. The molecule has 0 amide bonds. The van der Waals surface area contributed by atoms with Crippen LogP contribution in [0.2, 0.25) is 0 Å². The van der Waals surface area contributed by atoms with Crippen LogP contribution < -0.4 is 4.90 Å². The molecule has 1 aromatic carbocycles. The first-order valence-corrected chi connectivity index (χ1v) is 5.76. The van der Waals surface area contributed by atoms with Gasteiger partial charge in [-0.25, -0.2) is 4.79 Å². The summed E-state index contributed by atoms with van der Waals surface area (Å²) in [5, 5.41) is 9.83. The lowest BCUT2D eigenvalue weighted by Crippen LogP contribution is -2.17. The quantitative estimate of drug-likeness (QED) is 0.863. The van der Waals surface area contributed by atoms with Gasteiger partial charge in [0.1, 0.15) is 5.58 Å². The number of rotatable bonds is 2. The summed E-state index contributed by atoms with van der Waals surface area (Å²) in [5.74, 6) is -1.01. The van der Waals surface area contributed by atoms with Crippen molar-refractivity contribution in [2.75, 3.05) is 18.0 Å². The summed E-state index contributed by atoms with van der Waals surface area (Å²) < 4.78 is 5.30. The summed E-state index contributed by atoms with van der Waals surface area (Å²) in [7, 11) is 0. The molecule has 1 N–H and O–H groups in total. The maximum absolute atomic E-state index is 10.9. The largest absolute Gasteiger partial charge is 0.475 e. The van der Waals surface area contributed by atoms with Crippen molar-refractivity contribution in [1.29, 1.82) is 0 Å². The van der Waals surface area contributed by atoms with Crippen LogP contribution in [0.4, 0.5) is 5.69 Å². The highest BCUT2D eigenvalue weighted by Gasteiger charge is 2.18. The molecule has 0 unspecified atom stereocenters. The topological polar surface area (TPSA) is 53.7 Å². The van der Waals surface area contributed by atoms with Gasteiger partial charge in [-0.1, -0.05) is 6.07 Å². The lowest BCUT2D eigenvalue weighted by Gasteiger charge is -2.17. The molecule has 1 fully saturated rings. The van der Waals surface area contributed by atoms with Crippen LogP contribution in [0.5, 0.6) is 0 Å². The zero-order chi connectivity index (χ0) is 11.8. The molecule has 2 heterocycles.